The molecule has 1 saturated carbocycles. The van der Waals surface area contributed by atoms with E-state index in [1.807, 2.05) is 0 Å². The van der Waals surface area contributed by atoms with Crippen molar-refractivity contribution >= 4 is 6.09 Å². The molecule has 33 heavy (non-hydrogen) atoms. The lowest BCUT2D eigenvalue weighted by Gasteiger charge is -2.33. The van der Waals surface area contributed by atoms with Gasteiger partial charge in [0.15, 0.2) is 0 Å². The average Bonchev–Trinajstić information content (AvgIpc) is 2.99. The number of nitrogens with zero attached hydrogens (tertiary/aromatic N) is 3. The van der Waals surface area contributed by atoms with E-state index in [1.165, 1.54) is 11.0 Å². The highest BCUT2D eigenvalue weighted by molar-refractivity contribution is 5.68. The van der Waals surface area contributed by atoms with Crippen LogP contribution >= 0.6 is 0 Å². The van der Waals surface area contributed by atoms with E-state index in [9.17, 15) is 31.1 Å². The zero-order valence-corrected chi connectivity index (χ0v) is 18.2. The van der Waals surface area contributed by atoms with Crippen LogP contribution in [-0.4, -0.2) is 45.4 Å². The molecule has 0 N–H and O–H groups in total. The fraction of sp³-hybridized carbons (Fsp3) is 0.545. The number of carbonyl (C=O) groups is 1. The molecule has 2 fully saturated rings. The maximum absolute atomic E-state index is 14.9. The fourth-order valence-corrected chi connectivity index (χ4v) is 4.58. The molecule has 0 radical (unpaired) electrons. The minimum absolute atomic E-state index is 0.0150. The highest BCUT2D eigenvalue weighted by Crippen LogP contribution is 2.75. The Morgan fingerprint density at radius 3 is 2.33 bits per heavy atom. The van der Waals surface area contributed by atoms with Gasteiger partial charge in [0.25, 0.3) is 5.92 Å². The van der Waals surface area contributed by atoms with Gasteiger partial charge in [0.2, 0.25) is 0 Å². The fourth-order valence-electron chi connectivity index (χ4n) is 4.58. The van der Waals surface area contributed by atoms with E-state index in [2.05, 4.69) is 5.10 Å². The molecule has 5 nitrogen and oxygen atoms in total. The maximum Gasteiger partial charge on any atom is 0.418 e. The van der Waals surface area contributed by atoms with Crippen LogP contribution in [0.5, 0.6) is 0 Å². The SMILES string of the molecule is CC(C)(C)OC(=O)N1CCC2(CC1)C(c1ccn(-c3ccc(F)cc3C(F)(F)F)n1)C2(F)F. The standard InChI is InChI=1S/C22H23F6N3O2/c1-19(2,3)33-18(32)30-10-7-20(8-11-30)17(21(20,24)25)15-6-9-31(29-15)16-5-4-13(23)12-14(16)22(26,27)28/h4-6,9,12,17H,7-8,10-11H2,1-3H3. The number of aromatic nitrogens is 2. The van der Waals surface area contributed by atoms with E-state index in [0.717, 1.165) is 23.0 Å². The molecule has 1 aliphatic carbocycles. The van der Waals surface area contributed by atoms with Crippen molar-refractivity contribution in [1.82, 2.24) is 14.7 Å². The molecule has 1 aliphatic heterocycles. The second-order valence-corrected chi connectivity index (χ2v) is 9.52. The van der Waals surface area contributed by atoms with E-state index in [4.69, 9.17) is 4.74 Å². The third-order valence-electron chi connectivity index (χ3n) is 6.22. The van der Waals surface area contributed by atoms with Gasteiger partial charge in [-0.1, -0.05) is 0 Å². The molecule has 4 rings (SSSR count). The summed E-state index contributed by atoms with van der Waals surface area (Å²) in [6, 6.07) is 3.37. The van der Waals surface area contributed by atoms with Crippen molar-refractivity contribution in [1.29, 1.82) is 0 Å². The lowest BCUT2D eigenvalue weighted by molar-refractivity contribution is -0.137. The lowest BCUT2D eigenvalue weighted by Crippen LogP contribution is -2.43. The van der Waals surface area contributed by atoms with Gasteiger partial charge >= 0.3 is 12.3 Å². The molecule has 2 aromatic rings. The van der Waals surface area contributed by atoms with Gasteiger partial charge in [0.05, 0.1) is 28.3 Å². The molecule has 180 valence electrons. The number of hydrogen-bond acceptors (Lipinski definition) is 3. The van der Waals surface area contributed by atoms with Crippen molar-refractivity contribution in [2.75, 3.05) is 13.1 Å². The van der Waals surface area contributed by atoms with E-state index in [-0.39, 0.29) is 31.6 Å². The van der Waals surface area contributed by atoms with Crippen molar-refractivity contribution in [3.8, 4) is 5.69 Å². The number of benzene rings is 1. The molecule has 2 aliphatic rings. The first-order valence-corrected chi connectivity index (χ1v) is 10.4. The molecule has 1 atom stereocenters. The molecule has 11 heteroatoms. The molecule has 1 spiro atoms. The number of halogens is 6. The van der Waals surface area contributed by atoms with Crippen LogP contribution in [0.15, 0.2) is 30.5 Å². The summed E-state index contributed by atoms with van der Waals surface area (Å²) < 4.78 is 89.4. The highest BCUT2D eigenvalue weighted by Gasteiger charge is 2.81. The molecular formula is C22H23F6N3O2. The predicted molar refractivity (Wildman–Crippen MR) is 106 cm³/mol. The smallest absolute Gasteiger partial charge is 0.418 e. The first-order chi connectivity index (χ1) is 15.2. The normalized spacial score (nSPS) is 21.8. The van der Waals surface area contributed by atoms with Gasteiger partial charge in [0, 0.05) is 19.3 Å². The Morgan fingerprint density at radius 2 is 1.76 bits per heavy atom. The molecule has 0 bridgehead atoms. The van der Waals surface area contributed by atoms with Crippen molar-refractivity contribution < 1.29 is 35.9 Å². The van der Waals surface area contributed by atoms with Gasteiger partial charge in [-0.3, -0.25) is 0 Å². The van der Waals surface area contributed by atoms with Crippen LogP contribution in [-0.2, 0) is 10.9 Å². The Labute approximate surface area is 186 Å². The molecule has 1 aromatic carbocycles. The summed E-state index contributed by atoms with van der Waals surface area (Å²) in [7, 11) is 0. The van der Waals surface area contributed by atoms with Gasteiger partial charge < -0.3 is 9.64 Å². The second kappa shape index (κ2) is 7.39. The van der Waals surface area contributed by atoms with Gasteiger partial charge in [0.1, 0.15) is 11.4 Å². The maximum atomic E-state index is 14.9. The third-order valence-corrected chi connectivity index (χ3v) is 6.22. The number of ether oxygens (including phenoxy) is 1. The topological polar surface area (TPSA) is 47.4 Å². The van der Waals surface area contributed by atoms with Crippen LogP contribution in [0.3, 0.4) is 0 Å². The summed E-state index contributed by atoms with van der Waals surface area (Å²) in [5, 5.41) is 4.00. The van der Waals surface area contributed by atoms with Crippen LogP contribution < -0.4 is 0 Å². The monoisotopic (exact) mass is 475 g/mol. The molecule has 1 unspecified atom stereocenters. The van der Waals surface area contributed by atoms with Crippen molar-refractivity contribution in [2.24, 2.45) is 5.41 Å². The minimum atomic E-state index is -4.84. The zero-order valence-electron chi connectivity index (χ0n) is 18.2. The summed E-state index contributed by atoms with van der Waals surface area (Å²) in [5.74, 6) is -5.45. The number of hydrogen-bond donors (Lipinski definition) is 0. The van der Waals surface area contributed by atoms with Crippen molar-refractivity contribution in [2.45, 2.75) is 57.2 Å². The van der Waals surface area contributed by atoms with Gasteiger partial charge in [-0.15, -0.1) is 0 Å². The second-order valence-electron chi connectivity index (χ2n) is 9.52. The number of amides is 1. The van der Waals surface area contributed by atoms with Crippen LogP contribution in [0.1, 0.15) is 50.8 Å². The number of carbonyl (C=O) groups excluding carboxylic acids is 1. The Balaban J connectivity index is 1.54. The van der Waals surface area contributed by atoms with Gasteiger partial charge in [-0.05, 0) is 57.9 Å². The van der Waals surface area contributed by atoms with Gasteiger partial charge in [-0.2, -0.15) is 18.3 Å². The van der Waals surface area contributed by atoms with E-state index >= 15 is 0 Å². The van der Waals surface area contributed by atoms with Crippen LogP contribution in [0.25, 0.3) is 5.69 Å². The largest absolute Gasteiger partial charge is 0.444 e. The van der Waals surface area contributed by atoms with Crippen LogP contribution in [0.4, 0.5) is 31.1 Å². The summed E-state index contributed by atoms with van der Waals surface area (Å²) in [6.07, 6.45) is -4.22. The zero-order chi connectivity index (χ0) is 24.4. The van der Waals surface area contributed by atoms with Crippen LogP contribution in [0, 0.1) is 11.2 Å². The van der Waals surface area contributed by atoms with E-state index in [0.29, 0.717) is 6.07 Å². The predicted octanol–water partition coefficient (Wildman–Crippen LogP) is 5.78. The summed E-state index contributed by atoms with van der Waals surface area (Å²) in [5.41, 5.74) is -3.86. The number of alkyl halides is 5. The Bertz CT molecular complexity index is 1060. The van der Waals surface area contributed by atoms with E-state index < -0.39 is 52.2 Å². The summed E-state index contributed by atoms with van der Waals surface area (Å²) in [4.78, 5) is 13.6. The quantitative estimate of drug-likeness (QED) is 0.518. The average molecular weight is 475 g/mol. The molecular weight excluding hydrogens is 452 g/mol. The highest BCUT2D eigenvalue weighted by atomic mass is 19.4. The molecule has 1 aromatic heterocycles. The van der Waals surface area contributed by atoms with Crippen molar-refractivity contribution in [3.63, 3.8) is 0 Å². The third kappa shape index (κ3) is 4.06. The van der Waals surface area contributed by atoms with Crippen molar-refractivity contribution in [3.05, 3.63) is 47.5 Å². The Morgan fingerprint density at radius 1 is 1.12 bits per heavy atom. The number of piperidine rings is 1. The minimum Gasteiger partial charge on any atom is -0.444 e. The first-order valence-electron chi connectivity index (χ1n) is 10.4. The number of rotatable bonds is 2. The summed E-state index contributed by atoms with van der Waals surface area (Å²) in [6.45, 7) is 5.30. The van der Waals surface area contributed by atoms with Crippen LogP contribution in [0.2, 0.25) is 0 Å². The molecule has 1 amide bonds. The Kier molecular flexibility index (Phi) is 5.25. The van der Waals surface area contributed by atoms with Gasteiger partial charge in [-0.25, -0.2) is 22.6 Å². The van der Waals surface area contributed by atoms with E-state index in [1.54, 1.807) is 20.8 Å². The number of likely N-dealkylation sites (tertiary alicyclic amines) is 1. The molecule has 1 saturated heterocycles. The summed E-state index contributed by atoms with van der Waals surface area (Å²) >= 11 is 0. The first kappa shape index (κ1) is 23.4. The Hall–Kier alpha value is -2.72. The lowest BCUT2D eigenvalue weighted by atomic mass is 9.90. The molecule has 2 heterocycles.